The zero-order valence-corrected chi connectivity index (χ0v) is 9.44. The number of carbonyl (C=O) groups is 1. The number of pyridine rings is 1. The Balaban J connectivity index is 2.60. The molecule has 1 heterocycles. The fraction of sp³-hybridized carbons (Fsp3) is 0.455. The molecule has 16 heavy (non-hydrogen) atoms. The average Bonchev–Trinajstić information content (AvgIpc) is 2.29. The van der Waals surface area contributed by atoms with Crippen LogP contribution in [0.1, 0.15) is 16.8 Å². The van der Waals surface area contributed by atoms with E-state index in [0.717, 1.165) is 6.42 Å². The summed E-state index contributed by atoms with van der Waals surface area (Å²) in [7, 11) is 3.23. The number of hydrogen-bond donors (Lipinski definition) is 0. The molecule has 0 aliphatic rings. The molecule has 0 fully saturated rings. The van der Waals surface area contributed by atoms with Crippen LogP contribution in [0.2, 0.25) is 0 Å². The minimum atomic E-state index is -0.730. The third-order valence-corrected chi connectivity index (χ3v) is 2.18. The molecule has 0 saturated carbocycles. The second-order valence-electron chi connectivity index (χ2n) is 3.41. The smallest absolute Gasteiger partial charge is 0.258 e. The van der Waals surface area contributed by atoms with Crippen LogP contribution in [0.5, 0.6) is 0 Å². The Morgan fingerprint density at radius 2 is 2.38 bits per heavy atom. The standard InChI is InChI=1S/C11H15FN2O2/c1-14(7-4-8-16-2)11(15)9-5-3-6-13-10(9)12/h3,5-6H,4,7-8H2,1-2H3. The van der Waals surface area contributed by atoms with Crippen molar-refractivity contribution in [2.75, 3.05) is 27.3 Å². The van der Waals surface area contributed by atoms with Gasteiger partial charge in [0, 0.05) is 33.5 Å². The van der Waals surface area contributed by atoms with Crippen LogP contribution in [0.15, 0.2) is 18.3 Å². The number of nitrogens with zero attached hydrogens (tertiary/aromatic N) is 2. The van der Waals surface area contributed by atoms with Crippen LogP contribution in [0.25, 0.3) is 0 Å². The molecule has 1 aromatic heterocycles. The third kappa shape index (κ3) is 3.27. The molecule has 0 N–H and O–H groups in total. The van der Waals surface area contributed by atoms with Gasteiger partial charge in [-0.3, -0.25) is 4.79 Å². The van der Waals surface area contributed by atoms with E-state index in [1.165, 1.54) is 17.2 Å². The van der Waals surface area contributed by atoms with Crippen molar-refractivity contribution >= 4 is 5.91 Å². The molecule has 0 saturated heterocycles. The lowest BCUT2D eigenvalue weighted by molar-refractivity contribution is 0.0773. The molecule has 0 radical (unpaired) electrons. The van der Waals surface area contributed by atoms with Crippen molar-refractivity contribution in [3.8, 4) is 0 Å². The molecular weight excluding hydrogens is 211 g/mol. The van der Waals surface area contributed by atoms with E-state index in [-0.39, 0.29) is 11.5 Å². The van der Waals surface area contributed by atoms with Crippen LogP contribution in [0.3, 0.4) is 0 Å². The molecule has 0 aromatic carbocycles. The highest BCUT2D eigenvalue weighted by atomic mass is 19.1. The fourth-order valence-corrected chi connectivity index (χ4v) is 1.30. The van der Waals surface area contributed by atoms with E-state index in [1.54, 1.807) is 20.2 Å². The van der Waals surface area contributed by atoms with E-state index in [1.807, 2.05) is 0 Å². The normalized spacial score (nSPS) is 10.2. The molecule has 0 aliphatic heterocycles. The maximum absolute atomic E-state index is 13.2. The van der Waals surface area contributed by atoms with E-state index >= 15 is 0 Å². The number of hydrogen-bond acceptors (Lipinski definition) is 3. The number of carbonyl (C=O) groups excluding carboxylic acids is 1. The summed E-state index contributed by atoms with van der Waals surface area (Å²) in [5.74, 6) is -1.09. The summed E-state index contributed by atoms with van der Waals surface area (Å²) in [5.41, 5.74) is 0.00224. The van der Waals surface area contributed by atoms with Crippen molar-refractivity contribution < 1.29 is 13.9 Å². The van der Waals surface area contributed by atoms with Gasteiger partial charge in [0.2, 0.25) is 5.95 Å². The van der Waals surface area contributed by atoms with E-state index < -0.39 is 5.95 Å². The SMILES string of the molecule is COCCCN(C)C(=O)c1cccnc1F. The van der Waals surface area contributed by atoms with Gasteiger partial charge in [-0.15, -0.1) is 0 Å². The van der Waals surface area contributed by atoms with Crippen LogP contribution in [0.4, 0.5) is 4.39 Å². The van der Waals surface area contributed by atoms with Crippen molar-refractivity contribution in [3.63, 3.8) is 0 Å². The first kappa shape index (κ1) is 12.6. The van der Waals surface area contributed by atoms with Crippen molar-refractivity contribution in [2.45, 2.75) is 6.42 Å². The van der Waals surface area contributed by atoms with E-state index in [2.05, 4.69) is 4.98 Å². The Morgan fingerprint density at radius 3 is 3.00 bits per heavy atom. The lowest BCUT2D eigenvalue weighted by atomic mass is 10.2. The molecule has 0 bridgehead atoms. The third-order valence-electron chi connectivity index (χ3n) is 2.18. The minimum absolute atomic E-state index is 0.00224. The van der Waals surface area contributed by atoms with Gasteiger partial charge in [-0.1, -0.05) is 0 Å². The van der Waals surface area contributed by atoms with Gasteiger partial charge in [0.1, 0.15) is 0 Å². The van der Waals surface area contributed by atoms with Gasteiger partial charge in [-0.25, -0.2) is 4.98 Å². The van der Waals surface area contributed by atoms with Gasteiger partial charge in [0.15, 0.2) is 0 Å². The van der Waals surface area contributed by atoms with Crippen molar-refractivity contribution in [2.24, 2.45) is 0 Å². The van der Waals surface area contributed by atoms with Crippen molar-refractivity contribution in [3.05, 3.63) is 29.8 Å². The zero-order chi connectivity index (χ0) is 12.0. The predicted molar refractivity (Wildman–Crippen MR) is 57.6 cm³/mol. The molecule has 88 valence electrons. The Hall–Kier alpha value is -1.49. The van der Waals surface area contributed by atoms with Gasteiger partial charge in [-0.05, 0) is 18.6 Å². The molecule has 1 amide bonds. The second-order valence-corrected chi connectivity index (χ2v) is 3.41. The molecule has 5 heteroatoms. The van der Waals surface area contributed by atoms with Gasteiger partial charge in [-0.2, -0.15) is 4.39 Å². The predicted octanol–water partition coefficient (Wildman–Crippen LogP) is 1.33. The zero-order valence-electron chi connectivity index (χ0n) is 9.44. The average molecular weight is 226 g/mol. The van der Waals surface area contributed by atoms with E-state index in [4.69, 9.17) is 4.74 Å². The van der Waals surface area contributed by atoms with Crippen LogP contribution >= 0.6 is 0 Å². The summed E-state index contributed by atoms with van der Waals surface area (Å²) in [4.78, 5) is 16.7. The molecule has 0 spiro atoms. The molecule has 0 unspecified atom stereocenters. The molecular formula is C11H15FN2O2. The second kappa shape index (κ2) is 6.17. The highest BCUT2D eigenvalue weighted by molar-refractivity contribution is 5.93. The molecule has 0 aliphatic carbocycles. The van der Waals surface area contributed by atoms with Crippen LogP contribution in [-0.4, -0.2) is 43.1 Å². The minimum Gasteiger partial charge on any atom is -0.385 e. The Labute approximate surface area is 94.0 Å². The molecule has 4 nitrogen and oxygen atoms in total. The van der Waals surface area contributed by atoms with Crippen molar-refractivity contribution in [1.82, 2.24) is 9.88 Å². The quantitative estimate of drug-likeness (QED) is 0.562. The van der Waals surface area contributed by atoms with Crippen LogP contribution in [0, 0.1) is 5.95 Å². The number of aromatic nitrogens is 1. The first-order chi connectivity index (χ1) is 7.66. The van der Waals surface area contributed by atoms with Crippen LogP contribution in [-0.2, 0) is 4.74 Å². The number of ether oxygens (including phenoxy) is 1. The summed E-state index contributed by atoms with van der Waals surface area (Å²) in [5, 5.41) is 0. The first-order valence-electron chi connectivity index (χ1n) is 5.01. The van der Waals surface area contributed by atoms with Gasteiger partial charge < -0.3 is 9.64 Å². The monoisotopic (exact) mass is 226 g/mol. The fourth-order valence-electron chi connectivity index (χ4n) is 1.30. The van der Waals surface area contributed by atoms with E-state index in [0.29, 0.717) is 13.2 Å². The first-order valence-corrected chi connectivity index (χ1v) is 5.01. The topological polar surface area (TPSA) is 42.4 Å². The maximum Gasteiger partial charge on any atom is 0.258 e. The number of rotatable bonds is 5. The molecule has 1 aromatic rings. The van der Waals surface area contributed by atoms with Gasteiger partial charge in [0.05, 0.1) is 5.56 Å². The summed E-state index contributed by atoms with van der Waals surface area (Å²) >= 11 is 0. The summed E-state index contributed by atoms with van der Waals surface area (Å²) in [6.45, 7) is 1.11. The Bertz CT molecular complexity index is 358. The lowest BCUT2D eigenvalue weighted by Crippen LogP contribution is -2.29. The van der Waals surface area contributed by atoms with Gasteiger partial charge >= 0.3 is 0 Å². The number of methoxy groups -OCH3 is 1. The van der Waals surface area contributed by atoms with E-state index in [9.17, 15) is 9.18 Å². The molecule has 1 rings (SSSR count). The van der Waals surface area contributed by atoms with Crippen LogP contribution < -0.4 is 0 Å². The highest BCUT2D eigenvalue weighted by Crippen LogP contribution is 2.06. The summed E-state index contributed by atoms with van der Waals surface area (Å²) < 4.78 is 18.1. The number of halogens is 1. The summed E-state index contributed by atoms with van der Waals surface area (Å²) in [6, 6.07) is 2.97. The Morgan fingerprint density at radius 1 is 1.62 bits per heavy atom. The molecule has 0 atom stereocenters. The van der Waals surface area contributed by atoms with Gasteiger partial charge in [0.25, 0.3) is 5.91 Å². The maximum atomic E-state index is 13.2. The summed E-state index contributed by atoms with van der Waals surface area (Å²) in [6.07, 6.45) is 2.04. The Kier molecular flexibility index (Phi) is 4.85. The lowest BCUT2D eigenvalue weighted by Gasteiger charge is -2.16. The number of amides is 1. The highest BCUT2D eigenvalue weighted by Gasteiger charge is 2.15. The largest absolute Gasteiger partial charge is 0.385 e. The van der Waals surface area contributed by atoms with Crippen molar-refractivity contribution in [1.29, 1.82) is 0 Å².